The topological polar surface area (TPSA) is 156 Å². The first-order chi connectivity index (χ1) is 22.0. The van der Waals surface area contributed by atoms with Gasteiger partial charge in [0.05, 0.1) is 37.9 Å². The lowest BCUT2D eigenvalue weighted by Crippen LogP contribution is -2.79. The van der Waals surface area contributed by atoms with Crippen LogP contribution in [0.15, 0.2) is 34.2 Å². The highest BCUT2D eigenvalue weighted by Crippen LogP contribution is 2.81. The molecule has 1 aromatic heterocycles. The lowest BCUT2D eigenvalue weighted by atomic mass is 9.41. The van der Waals surface area contributed by atoms with Gasteiger partial charge >= 0.3 is 23.9 Å². The van der Waals surface area contributed by atoms with E-state index in [2.05, 4.69) is 0 Å². The van der Waals surface area contributed by atoms with Crippen LogP contribution in [0, 0.1) is 39.9 Å². The number of cyclic esters (lactones) is 1. The maximum Gasteiger partial charge on any atom is 0.310 e. The molecule has 0 aromatic carbocycles. The van der Waals surface area contributed by atoms with E-state index in [9.17, 15) is 24.3 Å². The van der Waals surface area contributed by atoms with Crippen LogP contribution in [0.5, 0.6) is 0 Å². The van der Waals surface area contributed by atoms with Crippen LogP contribution in [0.1, 0.15) is 98.7 Å². The molecule has 0 radical (unpaired) electrons. The Labute approximate surface area is 274 Å². The molecule has 0 spiro atoms. The van der Waals surface area contributed by atoms with E-state index >= 15 is 4.79 Å². The number of hydrogen-bond donors (Lipinski definition) is 1. The van der Waals surface area contributed by atoms with Gasteiger partial charge in [-0.1, -0.05) is 48.5 Å². The molecule has 4 aliphatic carbocycles. The van der Waals surface area contributed by atoms with E-state index in [1.54, 1.807) is 26.8 Å². The number of hydrogen-bond acceptors (Lipinski definition) is 11. The zero-order valence-corrected chi connectivity index (χ0v) is 28.5. The van der Waals surface area contributed by atoms with Crippen molar-refractivity contribution in [1.82, 2.24) is 0 Å². The SMILES string of the molecule is CC[C@H](C)C(=O)O[C@@H]1C2(C)C[C@@]3(OC(=O)C(C)C)[C@](C)([C@H]4CC[C@@]5(C)C(=C4C(=O)[C@]13O)CC(=O)O[C@@H]5c1ccoc1)[C@H]2CC(=O)OC. The van der Waals surface area contributed by atoms with Crippen molar-refractivity contribution in [3.8, 4) is 0 Å². The third-order valence-corrected chi connectivity index (χ3v) is 12.8. The van der Waals surface area contributed by atoms with Gasteiger partial charge in [-0.2, -0.15) is 0 Å². The molecule has 10 atom stereocenters. The molecule has 1 unspecified atom stereocenters. The molecular weight excluding hydrogens is 608 g/mol. The smallest absolute Gasteiger partial charge is 0.310 e. The zero-order chi connectivity index (χ0) is 34.5. The van der Waals surface area contributed by atoms with Gasteiger partial charge in [0.15, 0.2) is 11.4 Å². The molecule has 3 saturated carbocycles. The number of Topliss-reactive ketones (excluding diaryl/α,β-unsaturated/α-hetero) is 1. The number of ether oxygens (including phenoxy) is 4. The fraction of sp³-hybridized carbons (Fsp3) is 0.694. The monoisotopic (exact) mass is 654 g/mol. The van der Waals surface area contributed by atoms with Crippen molar-refractivity contribution in [1.29, 1.82) is 0 Å². The second kappa shape index (κ2) is 10.8. The Morgan fingerprint density at radius 2 is 1.81 bits per heavy atom. The van der Waals surface area contributed by atoms with E-state index in [-0.39, 0.29) is 24.8 Å². The number of carbonyl (C=O) groups is 5. The van der Waals surface area contributed by atoms with E-state index in [0.717, 1.165) is 0 Å². The van der Waals surface area contributed by atoms with E-state index < -0.39 is 93.0 Å². The molecule has 6 rings (SSSR count). The van der Waals surface area contributed by atoms with E-state index in [0.29, 0.717) is 30.4 Å². The number of ketones is 1. The molecule has 11 nitrogen and oxygen atoms in total. The van der Waals surface area contributed by atoms with Gasteiger partial charge in [-0.25, -0.2) is 0 Å². The first-order valence-electron chi connectivity index (χ1n) is 16.7. The Balaban J connectivity index is 1.65. The van der Waals surface area contributed by atoms with Crippen LogP contribution in [0.3, 0.4) is 0 Å². The van der Waals surface area contributed by atoms with Gasteiger partial charge in [-0.15, -0.1) is 0 Å². The van der Waals surface area contributed by atoms with Crippen LogP contribution in [0.2, 0.25) is 0 Å². The molecule has 1 aromatic rings. The molecule has 4 fully saturated rings. The van der Waals surface area contributed by atoms with Crippen LogP contribution < -0.4 is 0 Å². The summed E-state index contributed by atoms with van der Waals surface area (Å²) in [5, 5.41) is 13.2. The van der Waals surface area contributed by atoms with Gasteiger partial charge in [0.25, 0.3) is 0 Å². The standard InChI is InChI=1S/C36H46O11/c1-9-19(4)30(41)46-31-33(6)17-35(47-29(40)18(2)3)34(7,23(33)15-24(37)43-8)21-10-12-32(5)22(26(21)27(39)36(31,35)42)14-25(38)45-28(32)20-11-13-44-16-20/h11,13,16,18-19,21,23,28,31,42H,9-10,12,14-15,17H2,1-8H3/t19-,21-,23-,28+,31+,32-,33?,34+,35+,36-/m0/s1. The van der Waals surface area contributed by atoms with Crippen molar-refractivity contribution >= 4 is 29.7 Å². The summed E-state index contributed by atoms with van der Waals surface area (Å²) in [4.78, 5) is 68.9. The van der Waals surface area contributed by atoms with Gasteiger partial charge in [0, 0.05) is 40.2 Å². The zero-order valence-electron chi connectivity index (χ0n) is 28.5. The number of rotatable bonds is 8. The third kappa shape index (κ3) is 4.10. The summed E-state index contributed by atoms with van der Waals surface area (Å²) in [6, 6.07) is 1.72. The molecule has 1 N–H and O–H groups in total. The Kier molecular flexibility index (Phi) is 7.66. The van der Waals surface area contributed by atoms with Crippen molar-refractivity contribution in [2.45, 2.75) is 110 Å². The van der Waals surface area contributed by atoms with Crippen LogP contribution >= 0.6 is 0 Å². The number of esters is 4. The molecule has 2 heterocycles. The van der Waals surface area contributed by atoms with Gasteiger partial charge in [0.1, 0.15) is 12.2 Å². The maximum absolute atomic E-state index is 15.3. The van der Waals surface area contributed by atoms with Gasteiger partial charge in [-0.3, -0.25) is 24.0 Å². The molecule has 0 amide bonds. The number of furan rings is 1. The lowest BCUT2D eigenvalue weighted by molar-refractivity contribution is -0.280. The van der Waals surface area contributed by atoms with Crippen molar-refractivity contribution < 1.29 is 52.4 Å². The average Bonchev–Trinajstić information content (AvgIpc) is 3.68. The summed E-state index contributed by atoms with van der Waals surface area (Å²) in [7, 11) is 1.29. The molecule has 47 heavy (non-hydrogen) atoms. The molecular formula is C36H46O11. The predicted molar refractivity (Wildman–Crippen MR) is 164 cm³/mol. The highest BCUT2D eigenvalue weighted by Gasteiger charge is 2.92. The minimum Gasteiger partial charge on any atom is -0.472 e. The number of fused-ring (bicyclic) bond motifs is 4. The lowest BCUT2D eigenvalue weighted by Gasteiger charge is -2.66. The number of methoxy groups -OCH3 is 1. The van der Waals surface area contributed by atoms with Crippen LogP contribution in [0.25, 0.3) is 0 Å². The fourth-order valence-corrected chi connectivity index (χ4v) is 10.2. The van der Waals surface area contributed by atoms with Crippen LogP contribution in [0.4, 0.5) is 0 Å². The average molecular weight is 655 g/mol. The third-order valence-electron chi connectivity index (χ3n) is 12.8. The minimum atomic E-state index is -2.50. The van der Waals surface area contributed by atoms with E-state index in [1.807, 2.05) is 27.7 Å². The molecule has 256 valence electrons. The van der Waals surface area contributed by atoms with E-state index in [1.165, 1.54) is 19.6 Å². The minimum absolute atomic E-state index is 0.00657. The predicted octanol–water partition coefficient (Wildman–Crippen LogP) is 4.80. The first-order valence-corrected chi connectivity index (χ1v) is 16.7. The Bertz CT molecular complexity index is 1560. The fourth-order valence-electron chi connectivity index (χ4n) is 10.2. The van der Waals surface area contributed by atoms with Gasteiger partial charge in [0.2, 0.25) is 5.60 Å². The van der Waals surface area contributed by atoms with E-state index in [4.69, 9.17) is 23.4 Å². The highest BCUT2D eigenvalue weighted by atomic mass is 16.6. The van der Waals surface area contributed by atoms with Crippen LogP contribution in [-0.4, -0.2) is 59.2 Å². The van der Waals surface area contributed by atoms with Crippen molar-refractivity contribution in [3.05, 3.63) is 35.3 Å². The summed E-state index contributed by atoms with van der Waals surface area (Å²) in [5.74, 6) is -5.36. The molecule has 11 heteroatoms. The molecule has 1 saturated heterocycles. The maximum atomic E-state index is 15.3. The van der Waals surface area contributed by atoms with Crippen molar-refractivity contribution in [3.63, 3.8) is 0 Å². The Morgan fingerprint density at radius 3 is 2.40 bits per heavy atom. The Hall–Kier alpha value is -3.47. The summed E-state index contributed by atoms with van der Waals surface area (Å²) >= 11 is 0. The largest absolute Gasteiger partial charge is 0.472 e. The quantitative estimate of drug-likeness (QED) is 0.304. The Morgan fingerprint density at radius 1 is 1.11 bits per heavy atom. The van der Waals surface area contributed by atoms with Gasteiger partial charge in [-0.05, 0) is 42.7 Å². The first kappa shape index (κ1) is 33.4. The number of carbonyl (C=O) groups excluding carboxylic acids is 5. The molecule has 1 aliphatic heterocycles. The molecule has 5 aliphatic rings. The second-order valence-corrected chi connectivity index (χ2v) is 15.4. The summed E-state index contributed by atoms with van der Waals surface area (Å²) < 4.78 is 29.0. The summed E-state index contributed by atoms with van der Waals surface area (Å²) in [6.45, 7) is 12.5. The normalized spacial score (nSPS) is 40.8. The van der Waals surface area contributed by atoms with Crippen molar-refractivity contribution in [2.75, 3.05) is 7.11 Å². The summed E-state index contributed by atoms with van der Waals surface area (Å²) in [6.07, 6.45) is 1.89. The van der Waals surface area contributed by atoms with Gasteiger partial charge < -0.3 is 28.5 Å². The molecule has 2 bridgehead atoms. The number of aliphatic hydroxyl groups is 1. The van der Waals surface area contributed by atoms with Crippen molar-refractivity contribution in [2.24, 2.45) is 39.9 Å². The second-order valence-electron chi connectivity index (χ2n) is 15.4. The highest BCUT2D eigenvalue weighted by molar-refractivity contribution is 6.08. The summed E-state index contributed by atoms with van der Waals surface area (Å²) in [5.41, 5.74) is -6.06. The van der Waals surface area contributed by atoms with Crippen LogP contribution in [-0.2, 0) is 42.9 Å².